The summed E-state index contributed by atoms with van der Waals surface area (Å²) in [5.74, 6) is 1.50. The van der Waals surface area contributed by atoms with Gasteiger partial charge in [0.2, 0.25) is 0 Å². The minimum absolute atomic E-state index is 0.657. The molecule has 0 fully saturated rings. The Kier molecular flexibility index (Phi) is 8.46. The molecule has 1 atom stereocenters. The van der Waals surface area contributed by atoms with E-state index in [1.807, 2.05) is 6.08 Å². The van der Waals surface area contributed by atoms with Crippen LogP contribution in [0.3, 0.4) is 0 Å². The molecule has 0 saturated carbocycles. The van der Waals surface area contributed by atoms with E-state index in [4.69, 9.17) is 0 Å². The van der Waals surface area contributed by atoms with Crippen LogP contribution in [0.2, 0.25) is 0 Å². The van der Waals surface area contributed by atoms with E-state index in [2.05, 4.69) is 40.3 Å². The second kappa shape index (κ2) is 8.76. The van der Waals surface area contributed by atoms with Crippen LogP contribution in [0.25, 0.3) is 0 Å². The van der Waals surface area contributed by atoms with Gasteiger partial charge in [-0.1, -0.05) is 44.9 Å². The average molecular weight is 208 g/mol. The van der Waals surface area contributed by atoms with E-state index in [1.165, 1.54) is 32.1 Å². The molecular weight excluding hydrogens is 180 g/mol. The van der Waals surface area contributed by atoms with Crippen LogP contribution in [0.5, 0.6) is 0 Å². The van der Waals surface area contributed by atoms with Crippen LogP contribution in [0.15, 0.2) is 24.3 Å². The van der Waals surface area contributed by atoms with Crippen LogP contribution < -0.4 is 0 Å². The van der Waals surface area contributed by atoms with Gasteiger partial charge in [-0.05, 0) is 44.4 Å². The predicted molar refractivity (Wildman–Crippen MR) is 71.0 cm³/mol. The van der Waals surface area contributed by atoms with Gasteiger partial charge in [0.15, 0.2) is 0 Å². The molecule has 0 aromatic heterocycles. The molecule has 0 N–H and O–H groups in total. The van der Waals surface area contributed by atoms with Gasteiger partial charge >= 0.3 is 0 Å². The predicted octanol–water partition coefficient (Wildman–Crippen LogP) is 5.36. The lowest BCUT2D eigenvalue weighted by molar-refractivity contribution is 0.554. The third-order valence-corrected chi connectivity index (χ3v) is 2.87. The summed E-state index contributed by atoms with van der Waals surface area (Å²) >= 11 is 0. The number of hydrogen-bond donors (Lipinski definition) is 0. The fraction of sp³-hybridized carbons (Fsp3) is 0.733. The summed E-state index contributed by atoms with van der Waals surface area (Å²) in [6, 6.07) is 0. The van der Waals surface area contributed by atoms with Crippen molar-refractivity contribution in [3.05, 3.63) is 24.3 Å². The molecule has 15 heavy (non-hydrogen) atoms. The highest BCUT2D eigenvalue weighted by Crippen LogP contribution is 2.14. The van der Waals surface area contributed by atoms with Gasteiger partial charge in [-0.25, -0.2) is 0 Å². The fourth-order valence-electron chi connectivity index (χ4n) is 1.60. The molecule has 0 rings (SSSR count). The van der Waals surface area contributed by atoms with Crippen molar-refractivity contribution in [3.8, 4) is 0 Å². The standard InChI is InChI=1S/C15H28/c1-6-14(4)10-8-12-15(5)11-7-9-13(2)3/h6,12-14H,1,7-11H2,2-5H3. The van der Waals surface area contributed by atoms with Gasteiger partial charge in [0.1, 0.15) is 0 Å². The van der Waals surface area contributed by atoms with E-state index in [0.717, 1.165) is 5.92 Å². The zero-order valence-electron chi connectivity index (χ0n) is 11.1. The molecule has 1 unspecified atom stereocenters. The summed E-state index contributed by atoms with van der Waals surface area (Å²) in [5, 5.41) is 0. The summed E-state index contributed by atoms with van der Waals surface area (Å²) in [5.41, 5.74) is 1.56. The van der Waals surface area contributed by atoms with Crippen molar-refractivity contribution in [1.29, 1.82) is 0 Å². The maximum Gasteiger partial charge on any atom is -0.0262 e. The van der Waals surface area contributed by atoms with Crippen molar-refractivity contribution in [2.75, 3.05) is 0 Å². The van der Waals surface area contributed by atoms with Crippen LogP contribution in [0, 0.1) is 11.8 Å². The van der Waals surface area contributed by atoms with E-state index >= 15 is 0 Å². The van der Waals surface area contributed by atoms with Crippen molar-refractivity contribution in [2.45, 2.75) is 59.8 Å². The second-order valence-electron chi connectivity index (χ2n) is 5.13. The maximum atomic E-state index is 3.81. The van der Waals surface area contributed by atoms with Crippen LogP contribution in [0.4, 0.5) is 0 Å². The molecule has 0 radical (unpaired) electrons. The first-order chi connectivity index (χ1) is 7.06. The van der Waals surface area contributed by atoms with Gasteiger partial charge in [0, 0.05) is 0 Å². The third kappa shape index (κ3) is 9.78. The molecule has 0 aromatic carbocycles. The Morgan fingerprint density at radius 2 is 1.87 bits per heavy atom. The molecule has 0 aliphatic rings. The molecule has 88 valence electrons. The molecule has 0 heterocycles. The molecule has 0 bridgehead atoms. The van der Waals surface area contributed by atoms with Crippen LogP contribution in [-0.2, 0) is 0 Å². The monoisotopic (exact) mass is 208 g/mol. The Balaban J connectivity index is 3.56. The molecule has 0 spiro atoms. The number of hydrogen-bond acceptors (Lipinski definition) is 0. The number of rotatable bonds is 8. The van der Waals surface area contributed by atoms with Crippen molar-refractivity contribution < 1.29 is 0 Å². The van der Waals surface area contributed by atoms with Gasteiger partial charge in [0.05, 0.1) is 0 Å². The van der Waals surface area contributed by atoms with Gasteiger partial charge < -0.3 is 0 Å². The molecule has 0 saturated heterocycles. The molecule has 0 nitrogen and oxygen atoms in total. The van der Waals surface area contributed by atoms with E-state index in [1.54, 1.807) is 5.57 Å². The number of allylic oxidation sites excluding steroid dienone is 3. The Hall–Kier alpha value is -0.520. The van der Waals surface area contributed by atoms with Crippen LogP contribution in [0.1, 0.15) is 59.8 Å². The Morgan fingerprint density at radius 3 is 2.40 bits per heavy atom. The molecule has 0 heteroatoms. The van der Waals surface area contributed by atoms with Crippen molar-refractivity contribution >= 4 is 0 Å². The van der Waals surface area contributed by atoms with Crippen molar-refractivity contribution in [2.24, 2.45) is 11.8 Å². The van der Waals surface area contributed by atoms with Crippen LogP contribution >= 0.6 is 0 Å². The van der Waals surface area contributed by atoms with Gasteiger partial charge in [-0.2, -0.15) is 0 Å². The van der Waals surface area contributed by atoms with E-state index in [-0.39, 0.29) is 0 Å². The quantitative estimate of drug-likeness (QED) is 0.471. The highest BCUT2D eigenvalue weighted by Gasteiger charge is 1.96. The SMILES string of the molecule is C=CC(C)CCC=C(C)CCCC(C)C. The largest absolute Gasteiger partial charge is 0.103 e. The first-order valence-electron chi connectivity index (χ1n) is 6.34. The second-order valence-corrected chi connectivity index (χ2v) is 5.13. The third-order valence-electron chi connectivity index (χ3n) is 2.87. The fourth-order valence-corrected chi connectivity index (χ4v) is 1.60. The summed E-state index contributed by atoms with van der Waals surface area (Å²) < 4.78 is 0. The Morgan fingerprint density at radius 1 is 1.20 bits per heavy atom. The molecular formula is C15H28. The smallest absolute Gasteiger partial charge is 0.0262 e. The summed E-state index contributed by atoms with van der Waals surface area (Å²) in [4.78, 5) is 0. The van der Waals surface area contributed by atoms with E-state index in [9.17, 15) is 0 Å². The highest BCUT2D eigenvalue weighted by molar-refractivity contribution is 4.98. The van der Waals surface area contributed by atoms with Gasteiger partial charge in [-0.3, -0.25) is 0 Å². The Labute approximate surface area is 96.5 Å². The summed E-state index contributed by atoms with van der Waals surface area (Å²) in [6.45, 7) is 12.9. The molecule has 0 aliphatic carbocycles. The molecule has 0 aromatic rings. The highest BCUT2D eigenvalue weighted by atomic mass is 14.0. The minimum atomic E-state index is 0.657. The van der Waals surface area contributed by atoms with E-state index in [0.29, 0.717) is 5.92 Å². The van der Waals surface area contributed by atoms with Crippen LogP contribution in [-0.4, -0.2) is 0 Å². The lowest BCUT2D eigenvalue weighted by Crippen LogP contribution is -1.89. The topological polar surface area (TPSA) is 0 Å². The van der Waals surface area contributed by atoms with Gasteiger partial charge in [0.25, 0.3) is 0 Å². The first-order valence-corrected chi connectivity index (χ1v) is 6.34. The molecule has 0 amide bonds. The van der Waals surface area contributed by atoms with E-state index < -0.39 is 0 Å². The van der Waals surface area contributed by atoms with Crippen molar-refractivity contribution in [1.82, 2.24) is 0 Å². The zero-order valence-corrected chi connectivity index (χ0v) is 11.1. The van der Waals surface area contributed by atoms with Crippen molar-refractivity contribution in [3.63, 3.8) is 0 Å². The molecule has 0 aliphatic heterocycles. The Bertz CT molecular complexity index is 186. The minimum Gasteiger partial charge on any atom is -0.103 e. The lowest BCUT2D eigenvalue weighted by atomic mass is 10.0. The summed E-state index contributed by atoms with van der Waals surface area (Å²) in [7, 11) is 0. The van der Waals surface area contributed by atoms with Gasteiger partial charge in [-0.15, -0.1) is 6.58 Å². The normalized spacial score (nSPS) is 14.3. The average Bonchev–Trinajstić information content (AvgIpc) is 2.17. The maximum absolute atomic E-state index is 3.81. The first kappa shape index (κ1) is 14.5. The lowest BCUT2D eigenvalue weighted by Gasteiger charge is -2.06. The summed E-state index contributed by atoms with van der Waals surface area (Å²) in [6.07, 6.45) is 10.9. The zero-order chi connectivity index (χ0) is 11.7.